The predicted molar refractivity (Wildman–Crippen MR) is 76.2 cm³/mol. The first-order valence-corrected chi connectivity index (χ1v) is 6.63. The van der Waals surface area contributed by atoms with Crippen molar-refractivity contribution in [1.29, 1.82) is 0 Å². The van der Waals surface area contributed by atoms with Crippen LogP contribution in [0.25, 0.3) is 11.4 Å². The fourth-order valence-electron chi connectivity index (χ4n) is 1.84. The molecule has 3 aromatic rings. The van der Waals surface area contributed by atoms with Crippen LogP contribution in [0.5, 0.6) is 0 Å². The van der Waals surface area contributed by atoms with Crippen LogP contribution in [-0.4, -0.2) is 25.2 Å². The number of rotatable bonds is 4. The molecule has 3 rings (SSSR count). The molecule has 0 bridgehead atoms. The Labute approximate surface area is 121 Å². The summed E-state index contributed by atoms with van der Waals surface area (Å²) in [7, 11) is 0. The molecule has 0 amide bonds. The van der Waals surface area contributed by atoms with Gasteiger partial charge in [0, 0.05) is 28.9 Å². The average Bonchev–Trinajstić information content (AvgIpc) is 2.95. The molecule has 5 nitrogen and oxygen atoms in total. The summed E-state index contributed by atoms with van der Waals surface area (Å²) in [5.74, 6) is 0.577. The van der Waals surface area contributed by atoms with Gasteiger partial charge in [0.25, 0.3) is 0 Å². The van der Waals surface area contributed by atoms with Gasteiger partial charge in [-0.15, -0.1) is 10.2 Å². The summed E-state index contributed by atoms with van der Waals surface area (Å²) in [6.45, 7) is 0.643. The molecule has 100 valence electrons. The standard InChI is InChI=1S/C14H12ClN5/c15-12-5-3-4-11(10-12)14-17-19-20(18-14)9-7-13-6-1-2-8-16-13/h1-6,8,10H,7,9H2. The first kappa shape index (κ1) is 12.7. The summed E-state index contributed by atoms with van der Waals surface area (Å²) in [6, 6.07) is 13.3. The maximum absolute atomic E-state index is 5.95. The molecule has 0 unspecified atom stereocenters. The third-order valence-corrected chi connectivity index (χ3v) is 3.06. The summed E-state index contributed by atoms with van der Waals surface area (Å²) in [4.78, 5) is 5.84. The van der Waals surface area contributed by atoms with Gasteiger partial charge in [-0.1, -0.05) is 29.8 Å². The molecular weight excluding hydrogens is 274 g/mol. The van der Waals surface area contributed by atoms with Crippen molar-refractivity contribution in [3.63, 3.8) is 0 Å². The Bertz CT molecular complexity index is 696. The highest BCUT2D eigenvalue weighted by Gasteiger charge is 2.06. The second kappa shape index (κ2) is 5.79. The number of hydrogen-bond donors (Lipinski definition) is 0. The molecule has 0 atom stereocenters. The van der Waals surface area contributed by atoms with E-state index in [1.807, 2.05) is 42.5 Å². The number of nitrogens with zero attached hydrogens (tertiary/aromatic N) is 5. The zero-order chi connectivity index (χ0) is 13.8. The Kier molecular flexibility index (Phi) is 3.69. The van der Waals surface area contributed by atoms with Crippen molar-refractivity contribution < 1.29 is 0 Å². The van der Waals surface area contributed by atoms with E-state index in [2.05, 4.69) is 20.4 Å². The third kappa shape index (κ3) is 3.00. The molecule has 20 heavy (non-hydrogen) atoms. The minimum absolute atomic E-state index is 0.577. The number of hydrogen-bond acceptors (Lipinski definition) is 4. The highest BCUT2D eigenvalue weighted by molar-refractivity contribution is 6.30. The molecule has 0 saturated carbocycles. The van der Waals surface area contributed by atoms with Crippen LogP contribution in [-0.2, 0) is 13.0 Å². The van der Waals surface area contributed by atoms with Gasteiger partial charge in [0.05, 0.1) is 6.54 Å². The van der Waals surface area contributed by atoms with E-state index in [9.17, 15) is 0 Å². The van der Waals surface area contributed by atoms with Gasteiger partial charge in [-0.3, -0.25) is 4.98 Å². The Balaban J connectivity index is 1.71. The maximum atomic E-state index is 5.95. The van der Waals surface area contributed by atoms with Crippen molar-refractivity contribution in [1.82, 2.24) is 25.2 Å². The Morgan fingerprint density at radius 2 is 2.05 bits per heavy atom. The lowest BCUT2D eigenvalue weighted by Gasteiger charge is -1.98. The highest BCUT2D eigenvalue weighted by atomic mass is 35.5. The highest BCUT2D eigenvalue weighted by Crippen LogP contribution is 2.18. The van der Waals surface area contributed by atoms with Gasteiger partial charge < -0.3 is 0 Å². The lowest BCUT2D eigenvalue weighted by Crippen LogP contribution is -2.06. The van der Waals surface area contributed by atoms with Crippen molar-refractivity contribution in [2.24, 2.45) is 0 Å². The maximum Gasteiger partial charge on any atom is 0.204 e. The van der Waals surface area contributed by atoms with Crippen LogP contribution in [0, 0.1) is 0 Å². The van der Waals surface area contributed by atoms with Gasteiger partial charge in [0.1, 0.15) is 0 Å². The monoisotopic (exact) mass is 285 g/mol. The molecule has 0 aliphatic carbocycles. The van der Waals surface area contributed by atoms with E-state index >= 15 is 0 Å². The van der Waals surface area contributed by atoms with Gasteiger partial charge >= 0.3 is 0 Å². The largest absolute Gasteiger partial charge is 0.261 e. The topological polar surface area (TPSA) is 56.5 Å². The van der Waals surface area contributed by atoms with E-state index in [-0.39, 0.29) is 0 Å². The summed E-state index contributed by atoms with van der Waals surface area (Å²) >= 11 is 5.95. The van der Waals surface area contributed by atoms with Gasteiger partial charge in [0.2, 0.25) is 5.82 Å². The van der Waals surface area contributed by atoms with E-state index in [0.717, 1.165) is 17.7 Å². The normalized spacial score (nSPS) is 10.7. The molecule has 0 fully saturated rings. The van der Waals surface area contributed by atoms with E-state index in [1.165, 1.54) is 0 Å². The SMILES string of the molecule is Clc1cccc(-c2nnn(CCc3ccccn3)n2)c1. The van der Waals surface area contributed by atoms with E-state index in [0.29, 0.717) is 17.4 Å². The summed E-state index contributed by atoms with van der Waals surface area (Å²) in [5, 5.41) is 13.1. The van der Waals surface area contributed by atoms with Gasteiger partial charge in [0.15, 0.2) is 0 Å². The number of aromatic nitrogens is 5. The van der Waals surface area contributed by atoms with Crippen molar-refractivity contribution in [3.05, 3.63) is 59.4 Å². The van der Waals surface area contributed by atoms with Gasteiger partial charge in [-0.25, -0.2) is 0 Å². The summed E-state index contributed by atoms with van der Waals surface area (Å²) in [6.07, 6.45) is 2.55. The number of tetrazole rings is 1. The van der Waals surface area contributed by atoms with Crippen molar-refractivity contribution in [3.8, 4) is 11.4 Å². The van der Waals surface area contributed by atoms with Gasteiger partial charge in [-0.2, -0.15) is 4.80 Å². The number of benzene rings is 1. The van der Waals surface area contributed by atoms with Crippen LogP contribution in [0.2, 0.25) is 5.02 Å². The minimum atomic E-state index is 0.577. The van der Waals surface area contributed by atoms with E-state index in [4.69, 9.17) is 11.6 Å². The molecule has 1 aromatic carbocycles. The molecule has 0 aliphatic heterocycles. The smallest absolute Gasteiger partial charge is 0.204 e. The van der Waals surface area contributed by atoms with Crippen LogP contribution in [0.15, 0.2) is 48.7 Å². The predicted octanol–water partition coefficient (Wildman–Crippen LogP) is 2.63. The second-order valence-corrected chi connectivity index (χ2v) is 4.73. The van der Waals surface area contributed by atoms with Crippen LogP contribution in [0.1, 0.15) is 5.69 Å². The molecule has 6 heteroatoms. The molecular formula is C14H12ClN5. The van der Waals surface area contributed by atoms with Crippen LogP contribution < -0.4 is 0 Å². The van der Waals surface area contributed by atoms with Crippen molar-refractivity contribution in [2.45, 2.75) is 13.0 Å². The molecule has 0 radical (unpaired) electrons. The molecule has 0 saturated heterocycles. The van der Waals surface area contributed by atoms with Crippen LogP contribution in [0.4, 0.5) is 0 Å². The second-order valence-electron chi connectivity index (χ2n) is 4.29. The Hall–Kier alpha value is -2.27. The Morgan fingerprint density at radius 1 is 1.10 bits per heavy atom. The van der Waals surface area contributed by atoms with E-state index in [1.54, 1.807) is 11.0 Å². The minimum Gasteiger partial charge on any atom is -0.261 e. The molecule has 2 heterocycles. The summed E-state index contributed by atoms with van der Waals surface area (Å²) in [5.41, 5.74) is 1.87. The Morgan fingerprint density at radius 3 is 2.85 bits per heavy atom. The van der Waals surface area contributed by atoms with Crippen molar-refractivity contribution >= 4 is 11.6 Å². The summed E-state index contributed by atoms with van der Waals surface area (Å²) < 4.78 is 0. The van der Waals surface area contributed by atoms with Crippen molar-refractivity contribution in [2.75, 3.05) is 0 Å². The average molecular weight is 286 g/mol. The lowest BCUT2D eigenvalue weighted by molar-refractivity contribution is 0.519. The first-order valence-electron chi connectivity index (χ1n) is 6.25. The lowest BCUT2D eigenvalue weighted by atomic mass is 10.2. The quantitative estimate of drug-likeness (QED) is 0.739. The first-order chi connectivity index (χ1) is 9.81. The molecule has 0 N–H and O–H groups in total. The zero-order valence-corrected chi connectivity index (χ0v) is 11.4. The van der Waals surface area contributed by atoms with E-state index < -0.39 is 0 Å². The molecule has 0 spiro atoms. The fraction of sp³-hybridized carbons (Fsp3) is 0.143. The number of aryl methyl sites for hydroxylation is 2. The molecule has 2 aromatic heterocycles. The van der Waals surface area contributed by atoms with Crippen LogP contribution >= 0.6 is 11.6 Å². The zero-order valence-electron chi connectivity index (χ0n) is 10.6. The third-order valence-electron chi connectivity index (χ3n) is 2.83. The molecule has 0 aliphatic rings. The fourth-order valence-corrected chi connectivity index (χ4v) is 2.03. The number of halogens is 1. The number of pyridine rings is 1. The van der Waals surface area contributed by atoms with Crippen LogP contribution in [0.3, 0.4) is 0 Å². The van der Waals surface area contributed by atoms with Gasteiger partial charge in [-0.05, 0) is 29.5 Å².